The molecule has 30 heavy (non-hydrogen) atoms. The van der Waals surface area contributed by atoms with E-state index in [-0.39, 0.29) is 11.8 Å². The number of ether oxygens (including phenoxy) is 1. The van der Waals surface area contributed by atoms with Crippen molar-refractivity contribution in [2.75, 3.05) is 17.7 Å². The van der Waals surface area contributed by atoms with E-state index in [4.69, 9.17) is 16.3 Å². The van der Waals surface area contributed by atoms with Crippen LogP contribution in [-0.2, 0) is 9.59 Å². The first-order chi connectivity index (χ1) is 14.5. The summed E-state index contributed by atoms with van der Waals surface area (Å²) in [4.78, 5) is 25.2. The van der Waals surface area contributed by atoms with Crippen LogP contribution in [-0.4, -0.2) is 18.9 Å². The molecule has 3 aromatic carbocycles. The molecule has 0 saturated carbocycles. The Morgan fingerprint density at radius 3 is 2.20 bits per heavy atom. The van der Waals surface area contributed by atoms with E-state index in [2.05, 4.69) is 10.6 Å². The second-order valence-corrected chi connectivity index (χ2v) is 8.04. The number of hydrogen-bond acceptors (Lipinski definition) is 4. The third-order valence-electron chi connectivity index (χ3n) is 4.19. The predicted octanol–water partition coefficient (Wildman–Crippen LogP) is 5.78. The average Bonchev–Trinajstić information content (AvgIpc) is 2.73. The van der Waals surface area contributed by atoms with Crippen molar-refractivity contribution in [3.63, 3.8) is 0 Å². The van der Waals surface area contributed by atoms with Crippen LogP contribution in [0.5, 0.6) is 5.75 Å². The summed E-state index contributed by atoms with van der Waals surface area (Å²) in [7, 11) is 1.54. The predicted molar refractivity (Wildman–Crippen MR) is 122 cm³/mol. The molecule has 0 saturated heterocycles. The van der Waals surface area contributed by atoms with Gasteiger partial charge in [-0.05, 0) is 48.0 Å². The van der Waals surface area contributed by atoms with Crippen molar-refractivity contribution in [1.29, 1.82) is 0 Å². The molecule has 0 aromatic heterocycles. The van der Waals surface area contributed by atoms with Gasteiger partial charge in [-0.25, -0.2) is 0 Å². The van der Waals surface area contributed by atoms with Crippen molar-refractivity contribution in [1.82, 2.24) is 0 Å². The number of amides is 2. The number of nitrogens with one attached hydrogen (secondary N) is 2. The highest BCUT2D eigenvalue weighted by molar-refractivity contribution is 8.00. The van der Waals surface area contributed by atoms with Gasteiger partial charge in [-0.2, -0.15) is 0 Å². The highest BCUT2D eigenvalue weighted by atomic mass is 35.5. The van der Waals surface area contributed by atoms with Crippen LogP contribution >= 0.6 is 23.4 Å². The standard InChI is InChI=1S/C23H21ClN2O3S/c1-15(27)25-17-8-11-19(12-9-17)30-22(16-6-4-3-5-7-16)23(28)26-18-10-13-21(29-2)20(24)14-18/h3-14,22H,1-2H3,(H,25,27)(H,26,28)/t22-/m0/s1. The molecule has 3 aromatic rings. The number of carbonyl (C=O) groups excluding carboxylic acids is 2. The van der Waals surface area contributed by atoms with Gasteiger partial charge in [0.1, 0.15) is 11.0 Å². The number of methoxy groups -OCH3 is 1. The summed E-state index contributed by atoms with van der Waals surface area (Å²) in [5, 5.41) is 5.62. The van der Waals surface area contributed by atoms with E-state index in [1.165, 1.54) is 18.7 Å². The number of anilines is 2. The molecule has 0 aliphatic carbocycles. The Morgan fingerprint density at radius 1 is 0.933 bits per heavy atom. The molecule has 2 amide bonds. The summed E-state index contributed by atoms with van der Waals surface area (Å²) in [5.41, 5.74) is 2.18. The fourth-order valence-corrected chi connectivity index (χ4v) is 4.09. The summed E-state index contributed by atoms with van der Waals surface area (Å²) in [6.07, 6.45) is 0. The Labute approximate surface area is 184 Å². The van der Waals surface area contributed by atoms with Gasteiger partial charge in [-0.3, -0.25) is 9.59 Å². The Morgan fingerprint density at radius 2 is 1.60 bits per heavy atom. The molecule has 0 fully saturated rings. The lowest BCUT2D eigenvalue weighted by Crippen LogP contribution is -2.19. The monoisotopic (exact) mass is 440 g/mol. The van der Waals surface area contributed by atoms with Crippen LogP contribution in [0, 0.1) is 0 Å². The lowest BCUT2D eigenvalue weighted by atomic mass is 10.1. The van der Waals surface area contributed by atoms with Crippen LogP contribution in [0.25, 0.3) is 0 Å². The summed E-state index contributed by atoms with van der Waals surface area (Å²) in [5.74, 6) is 0.247. The molecule has 1 atom stereocenters. The number of rotatable bonds is 7. The van der Waals surface area contributed by atoms with E-state index >= 15 is 0 Å². The molecule has 0 aliphatic rings. The van der Waals surface area contributed by atoms with Gasteiger partial charge in [-0.15, -0.1) is 11.8 Å². The van der Waals surface area contributed by atoms with E-state index in [1.807, 2.05) is 54.6 Å². The van der Waals surface area contributed by atoms with E-state index in [0.29, 0.717) is 22.1 Å². The van der Waals surface area contributed by atoms with E-state index in [1.54, 1.807) is 25.3 Å². The van der Waals surface area contributed by atoms with Gasteiger partial charge in [0.05, 0.1) is 12.1 Å². The quantitative estimate of drug-likeness (QED) is 0.457. The van der Waals surface area contributed by atoms with Gasteiger partial charge in [0.15, 0.2) is 0 Å². The molecule has 0 heterocycles. The number of benzene rings is 3. The zero-order valence-corrected chi connectivity index (χ0v) is 18.1. The maximum atomic E-state index is 13.1. The minimum absolute atomic E-state index is 0.130. The summed E-state index contributed by atoms with van der Waals surface area (Å²) < 4.78 is 5.16. The summed E-state index contributed by atoms with van der Waals surface area (Å²) in [6, 6.07) is 22.1. The maximum absolute atomic E-state index is 13.1. The zero-order chi connectivity index (χ0) is 21.5. The van der Waals surface area contributed by atoms with Crippen molar-refractivity contribution in [3.8, 4) is 5.75 Å². The van der Waals surface area contributed by atoms with Crippen LogP contribution in [0.4, 0.5) is 11.4 Å². The molecule has 0 radical (unpaired) electrons. The molecule has 2 N–H and O–H groups in total. The first-order valence-corrected chi connectivity index (χ1v) is 10.5. The van der Waals surface area contributed by atoms with Gasteiger partial charge in [0.2, 0.25) is 11.8 Å². The maximum Gasteiger partial charge on any atom is 0.242 e. The van der Waals surface area contributed by atoms with Crippen molar-refractivity contribution >= 4 is 46.6 Å². The Bertz CT molecular complexity index is 1030. The van der Waals surface area contributed by atoms with E-state index < -0.39 is 5.25 Å². The second kappa shape index (κ2) is 10.2. The summed E-state index contributed by atoms with van der Waals surface area (Å²) in [6.45, 7) is 1.46. The second-order valence-electron chi connectivity index (χ2n) is 6.45. The smallest absolute Gasteiger partial charge is 0.242 e. The largest absolute Gasteiger partial charge is 0.495 e. The first kappa shape index (κ1) is 21.7. The van der Waals surface area contributed by atoms with E-state index in [9.17, 15) is 9.59 Å². The van der Waals surface area contributed by atoms with Crippen LogP contribution in [0.2, 0.25) is 5.02 Å². The van der Waals surface area contributed by atoms with Crippen LogP contribution in [0.3, 0.4) is 0 Å². The summed E-state index contributed by atoms with van der Waals surface area (Å²) >= 11 is 7.60. The molecule has 0 bridgehead atoms. The normalized spacial score (nSPS) is 11.4. The minimum Gasteiger partial charge on any atom is -0.495 e. The topological polar surface area (TPSA) is 67.4 Å². The molecular weight excluding hydrogens is 420 g/mol. The molecule has 3 rings (SSSR count). The Balaban J connectivity index is 1.81. The SMILES string of the molecule is COc1ccc(NC(=O)[C@@H](Sc2ccc(NC(C)=O)cc2)c2ccccc2)cc1Cl. The van der Waals surface area contributed by atoms with Crippen LogP contribution in [0.15, 0.2) is 77.7 Å². The van der Waals surface area contributed by atoms with Gasteiger partial charge in [0.25, 0.3) is 0 Å². The van der Waals surface area contributed by atoms with Crippen molar-refractivity contribution in [2.45, 2.75) is 17.1 Å². The average molecular weight is 441 g/mol. The molecule has 7 heteroatoms. The number of halogens is 1. The molecule has 5 nitrogen and oxygen atoms in total. The van der Waals surface area contributed by atoms with Gasteiger partial charge in [-0.1, -0.05) is 41.9 Å². The highest BCUT2D eigenvalue weighted by Gasteiger charge is 2.22. The third-order valence-corrected chi connectivity index (χ3v) is 5.75. The van der Waals surface area contributed by atoms with Crippen LogP contribution in [0.1, 0.15) is 17.7 Å². The molecule has 0 aliphatic heterocycles. The minimum atomic E-state index is -0.473. The number of thioether (sulfide) groups is 1. The van der Waals surface area contributed by atoms with E-state index in [0.717, 1.165) is 10.5 Å². The Kier molecular flexibility index (Phi) is 7.38. The highest BCUT2D eigenvalue weighted by Crippen LogP contribution is 2.37. The fraction of sp³-hybridized carbons (Fsp3) is 0.130. The van der Waals surface area contributed by atoms with Gasteiger partial charge in [0, 0.05) is 23.2 Å². The molecule has 0 spiro atoms. The van der Waals surface area contributed by atoms with Crippen molar-refractivity contribution in [2.24, 2.45) is 0 Å². The Hall–Kier alpha value is -2.96. The number of carbonyl (C=O) groups is 2. The molecular formula is C23H21ClN2O3S. The van der Waals surface area contributed by atoms with Gasteiger partial charge < -0.3 is 15.4 Å². The first-order valence-electron chi connectivity index (χ1n) is 9.20. The fourth-order valence-electron chi connectivity index (χ4n) is 2.81. The molecule has 0 unspecified atom stereocenters. The van der Waals surface area contributed by atoms with Crippen molar-refractivity contribution in [3.05, 3.63) is 83.4 Å². The zero-order valence-electron chi connectivity index (χ0n) is 16.5. The van der Waals surface area contributed by atoms with Crippen LogP contribution < -0.4 is 15.4 Å². The lowest BCUT2D eigenvalue weighted by Gasteiger charge is -2.18. The molecule has 154 valence electrons. The third kappa shape index (κ3) is 5.78. The lowest BCUT2D eigenvalue weighted by molar-refractivity contribution is -0.116. The van der Waals surface area contributed by atoms with Gasteiger partial charge >= 0.3 is 0 Å². The number of hydrogen-bond donors (Lipinski definition) is 2. The van der Waals surface area contributed by atoms with Crippen molar-refractivity contribution < 1.29 is 14.3 Å².